The Kier molecular flexibility index (Phi) is 2.75. The van der Waals surface area contributed by atoms with Crippen molar-refractivity contribution in [3.8, 4) is 0 Å². The fourth-order valence-electron chi connectivity index (χ4n) is 1.69. The Bertz CT molecular complexity index is 505. The van der Waals surface area contributed by atoms with Crippen LogP contribution < -0.4 is 5.73 Å². The van der Waals surface area contributed by atoms with Crippen LogP contribution in [0, 0.1) is 12.7 Å². The van der Waals surface area contributed by atoms with E-state index in [1.807, 2.05) is 13.1 Å². The molecule has 1 unspecified atom stereocenters. The zero-order valence-electron chi connectivity index (χ0n) is 9.31. The van der Waals surface area contributed by atoms with Crippen LogP contribution in [0.4, 0.5) is 4.39 Å². The SMILES string of the molecule is Cc1cccc(C(N)c2cnn(C)c2)c1F. The van der Waals surface area contributed by atoms with Crippen molar-refractivity contribution in [2.45, 2.75) is 13.0 Å². The van der Waals surface area contributed by atoms with Gasteiger partial charge in [0.1, 0.15) is 5.82 Å². The second kappa shape index (κ2) is 4.06. The summed E-state index contributed by atoms with van der Waals surface area (Å²) in [4.78, 5) is 0. The van der Waals surface area contributed by atoms with Crippen molar-refractivity contribution in [3.63, 3.8) is 0 Å². The molecule has 1 aromatic heterocycles. The maximum absolute atomic E-state index is 13.8. The molecule has 0 amide bonds. The fourth-order valence-corrected chi connectivity index (χ4v) is 1.69. The van der Waals surface area contributed by atoms with E-state index < -0.39 is 6.04 Å². The maximum Gasteiger partial charge on any atom is 0.131 e. The van der Waals surface area contributed by atoms with E-state index in [0.29, 0.717) is 11.1 Å². The molecular formula is C12H14FN3. The molecule has 2 N–H and O–H groups in total. The smallest absolute Gasteiger partial charge is 0.131 e. The van der Waals surface area contributed by atoms with E-state index in [1.54, 1.807) is 36.1 Å². The van der Waals surface area contributed by atoms with E-state index in [0.717, 1.165) is 5.56 Å². The van der Waals surface area contributed by atoms with Crippen molar-refractivity contribution in [2.75, 3.05) is 0 Å². The Morgan fingerprint density at radius 1 is 1.44 bits per heavy atom. The van der Waals surface area contributed by atoms with E-state index in [2.05, 4.69) is 5.10 Å². The Hall–Kier alpha value is -1.68. The molecule has 0 bridgehead atoms. The van der Waals surface area contributed by atoms with Crippen LogP contribution in [-0.4, -0.2) is 9.78 Å². The molecular weight excluding hydrogens is 205 g/mol. The van der Waals surface area contributed by atoms with E-state index >= 15 is 0 Å². The summed E-state index contributed by atoms with van der Waals surface area (Å²) in [6, 6.07) is 4.78. The number of aryl methyl sites for hydroxylation is 2. The van der Waals surface area contributed by atoms with Crippen molar-refractivity contribution in [3.05, 3.63) is 53.1 Å². The summed E-state index contributed by atoms with van der Waals surface area (Å²) in [5, 5.41) is 4.03. The number of rotatable bonds is 2. The van der Waals surface area contributed by atoms with Gasteiger partial charge in [0, 0.05) is 24.4 Å². The highest BCUT2D eigenvalue weighted by molar-refractivity contribution is 5.33. The van der Waals surface area contributed by atoms with Crippen molar-refractivity contribution < 1.29 is 4.39 Å². The number of nitrogens with two attached hydrogens (primary N) is 1. The highest BCUT2D eigenvalue weighted by atomic mass is 19.1. The van der Waals surface area contributed by atoms with E-state index in [1.165, 1.54) is 0 Å². The lowest BCUT2D eigenvalue weighted by Gasteiger charge is -2.12. The summed E-state index contributed by atoms with van der Waals surface area (Å²) in [6.07, 6.45) is 3.46. The summed E-state index contributed by atoms with van der Waals surface area (Å²) in [7, 11) is 1.81. The number of hydrogen-bond acceptors (Lipinski definition) is 2. The Balaban J connectivity index is 2.41. The molecule has 3 nitrogen and oxygen atoms in total. The van der Waals surface area contributed by atoms with E-state index in [4.69, 9.17) is 5.73 Å². The Morgan fingerprint density at radius 2 is 2.19 bits per heavy atom. The predicted octanol–water partition coefficient (Wildman–Crippen LogP) is 1.92. The zero-order chi connectivity index (χ0) is 11.7. The molecule has 0 aliphatic heterocycles. The summed E-state index contributed by atoms with van der Waals surface area (Å²) >= 11 is 0. The van der Waals surface area contributed by atoms with Crippen LogP contribution in [0.15, 0.2) is 30.6 Å². The Morgan fingerprint density at radius 3 is 2.81 bits per heavy atom. The number of benzene rings is 1. The first kappa shape index (κ1) is 10.8. The minimum absolute atomic E-state index is 0.237. The molecule has 0 radical (unpaired) electrons. The molecule has 0 aliphatic carbocycles. The molecule has 0 fully saturated rings. The lowest BCUT2D eigenvalue weighted by atomic mass is 10.00. The lowest BCUT2D eigenvalue weighted by Crippen LogP contribution is -2.13. The molecule has 0 saturated carbocycles. The quantitative estimate of drug-likeness (QED) is 0.838. The summed E-state index contributed by atoms with van der Waals surface area (Å²) in [6.45, 7) is 1.73. The van der Waals surface area contributed by atoms with E-state index in [-0.39, 0.29) is 5.82 Å². The maximum atomic E-state index is 13.8. The van der Waals surface area contributed by atoms with Gasteiger partial charge in [-0.25, -0.2) is 4.39 Å². The average Bonchev–Trinajstić information content (AvgIpc) is 2.68. The van der Waals surface area contributed by atoms with Gasteiger partial charge in [0.05, 0.1) is 12.2 Å². The van der Waals surface area contributed by atoms with Crippen molar-refractivity contribution in [1.29, 1.82) is 0 Å². The molecule has 1 aromatic carbocycles. The van der Waals surface area contributed by atoms with Crippen molar-refractivity contribution in [2.24, 2.45) is 12.8 Å². The van der Waals surface area contributed by atoms with Gasteiger partial charge in [-0.3, -0.25) is 4.68 Å². The summed E-state index contributed by atoms with van der Waals surface area (Å²) in [5.74, 6) is -0.237. The fraction of sp³-hybridized carbons (Fsp3) is 0.250. The first-order chi connectivity index (χ1) is 7.59. The van der Waals surface area contributed by atoms with Crippen molar-refractivity contribution >= 4 is 0 Å². The van der Waals surface area contributed by atoms with Gasteiger partial charge in [-0.15, -0.1) is 0 Å². The second-order valence-electron chi connectivity index (χ2n) is 3.90. The third-order valence-corrected chi connectivity index (χ3v) is 2.64. The highest BCUT2D eigenvalue weighted by Gasteiger charge is 2.15. The molecule has 1 atom stereocenters. The number of hydrogen-bond donors (Lipinski definition) is 1. The van der Waals surface area contributed by atoms with Crippen molar-refractivity contribution in [1.82, 2.24) is 9.78 Å². The third kappa shape index (κ3) is 1.84. The first-order valence-electron chi connectivity index (χ1n) is 5.08. The minimum Gasteiger partial charge on any atom is -0.320 e. The van der Waals surface area contributed by atoms with Crippen LogP contribution >= 0.6 is 0 Å². The minimum atomic E-state index is -0.464. The molecule has 0 aliphatic rings. The number of aromatic nitrogens is 2. The molecule has 4 heteroatoms. The molecule has 2 rings (SSSR count). The van der Waals surface area contributed by atoms with Crippen LogP contribution in [0.3, 0.4) is 0 Å². The number of nitrogens with zero attached hydrogens (tertiary/aromatic N) is 2. The van der Waals surface area contributed by atoms with Gasteiger partial charge in [0.15, 0.2) is 0 Å². The van der Waals surface area contributed by atoms with Crippen LogP contribution in [-0.2, 0) is 7.05 Å². The van der Waals surface area contributed by atoms with Gasteiger partial charge in [0.2, 0.25) is 0 Å². The average molecular weight is 219 g/mol. The summed E-state index contributed by atoms with van der Waals surface area (Å²) in [5.41, 5.74) is 7.93. The molecule has 16 heavy (non-hydrogen) atoms. The van der Waals surface area contributed by atoms with Crippen LogP contribution in [0.25, 0.3) is 0 Å². The first-order valence-corrected chi connectivity index (χ1v) is 5.08. The molecule has 1 heterocycles. The monoisotopic (exact) mass is 219 g/mol. The largest absolute Gasteiger partial charge is 0.320 e. The predicted molar refractivity (Wildman–Crippen MR) is 60.4 cm³/mol. The topological polar surface area (TPSA) is 43.8 Å². The van der Waals surface area contributed by atoms with Crippen LogP contribution in [0.2, 0.25) is 0 Å². The van der Waals surface area contributed by atoms with Gasteiger partial charge in [-0.05, 0) is 12.5 Å². The second-order valence-corrected chi connectivity index (χ2v) is 3.90. The number of halogens is 1. The Labute approximate surface area is 93.7 Å². The van der Waals surface area contributed by atoms with Gasteiger partial charge in [0.25, 0.3) is 0 Å². The standard InChI is InChI=1S/C12H14FN3/c1-8-4-3-5-10(11(8)13)12(14)9-6-15-16(2)7-9/h3-7,12H,14H2,1-2H3. The normalized spacial score (nSPS) is 12.8. The van der Waals surface area contributed by atoms with Gasteiger partial charge in [-0.1, -0.05) is 18.2 Å². The van der Waals surface area contributed by atoms with Crippen LogP contribution in [0.1, 0.15) is 22.7 Å². The van der Waals surface area contributed by atoms with E-state index in [9.17, 15) is 4.39 Å². The van der Waals surface area contributed by atoms with Crippen LogP contribution in [0.5, 0.6) is 0 Å². The molecule has 0 saturated heterocycles. The van der Waals surface area contributed by atoms with Gasteiger partial charge < -0.3 is 5.73 Å². The third-order valence-electron chi connectivity index (χ3n) is 2.64. The van der Waals surface area contributed by atoms with Gasteiger partial charge >= 0.3 is 0 Å². The zero-order valence-corrected chi connectivity index (χ0v) is 9.31. The molecule has 84 valence electrons. The van der Waals surface area contributed by atoms with Gasteiger partial charge in [-0.2, -0.15) is 5.10 Å². The summed E-state index contributed by atoms with van der Waals surface area (Å²) < 4.78 is 15.5. The lowest BCUT2D eigenvalue weighted by molar-refractivity contribution is 0.591. The molecule has 0 spiro atoms. The highest BCUT2D eigenvalue weighted by Crippen LogP contribution is 2.23. The molecule has 2 aromatic rings.